The molecule has 4 nitrogen and oxygen atoms in total. The van der Waals surface area contributed by atoms with Crippen LogP contribution in [-0.4, -0.2) is 24.2 Å². The van der Waals surface area contributed by atoms with E-state index in [2.05, 4.69) is 5.32 Å². The first-order valence-electron chi connectivity index (χ1n) is 7.76. The van der Waals surface area contributed by atoms with E-state index in [-0.39, 0.29) is 23.7 Å². The quantitative estimate of drug-likeness (QED) is 0.883. The number of rotatable bonds is 2. The van der Waals surface area contributed by atoms with Crippen LogP contribution in [0.2, 0.25) is 0 Å². The molecule has 2 fully saturated rings. The van der Waals surface area contributed by atoms with E-state index in [9.17, 15) is 9.18 Å². The number of anilines is 1. The standard InChI is InChI=1S/C17H23FN2O2/c1-10-6-7-11(18)9-13(10)20-15(21)17(19)12-5-4-8-22-14(12)16(17,2)3/h6-7,9,12,14H,4-5,8,19H2,1-3H3,(H,20,21). The normalized spacial score (nSPS) is 32.8. The molecule has 1 aliphatic heterocycles. The SMILES string of the molecule is Cc1ccc(F)cc1NC(=O)C1(N)C2CCCOC2C1(C)C. The largest absolute Gasteiger partial charge is 0.377 e. The van der Waals surface area contributed by atoms with Gasteiger partial charge in [-0.15, -0.1) is 0 Å². The topological polar surface area (TPSA) is 64.4 Å². The Balaban J connectivity index is 1.86. The molecule has 1 aliphatic carbocycles. The second kappa shape index (κ2) is 5.03. The van der Waals surface area contributed by atoms with E-state index in [1.165, 1.54) is 12.1 Å². The Kier molecular flexibility index (Phi) is 3.53. The number of carbonyl (C=O) groups excluding carboxylic acids is 1. The Hall–Kier alpha value is -1.46. The van der Waals surface area contributed by atoms with Crippen molar-refractivity contribution in [2.45, 2.75) is 45.3 Å². The maximum atomic E-state index is 13.4. The van der Waals surface area contributed by atoms with E-state index in [0.29, 0.717) is 5.69 Å². The average Bonchev–Trinajstić information content (AvgIpc) is 2.50. The van der Waals surface area contributed by atoms with Crippen LogP contribution in [0, 0.1) is 24.1 Å². The number of hydrogen-bond donors (Lipinski definition) is 2. The van der Waals surface area contributed by atoms with Crippen LogP contribution in [0.3, 0.4) is 0 Å². The first-order valence-corrected chi connectivity index (χ1v) is 7.76. The van der Waals surface area contributed by atoms with E-state index in [1.807, 2.05) is 20.8 Å². The molecule has 1 aromatic carbocycles. The predicted octanol–water partition coefficient (Wildman–Crippen LogP) is 2.61. The van der Waals surface area contributed by atoms with Gasteiger partial charge in [-0.3, -0.25) is 4.79 Å². The highest BCUT2D eigenvalue weighted by atomic mass is 19.1. The molecule has 3 rings (SSSR count). The summed E-state index contributed by atoms with van der Waals surface area (Å²) in [6.45, 7) is 6.50. The first kappa shape index (κ1) is 15.4. The molecule has 2 aliphatic rings. The number of carbonyl (C=O) groups is 1. The molecule has 1 saturated heterocycles. The maximum absolute atomic E-state index is 13.4. The molecule has 1 amide bonds. The molecule has 1 heterocycles. The van der Waals surface area contributed by atoms with Gasteiger partial charge in [-0.25, -0.2) is 4.39 Å². The zero-order valence-corrected chi connectivity index (χ0v) is 13.3. The molecule has 3 unspecified atom stereocenters. The van der Waals surface area contributed by atoms with Gasteiger partial charge in [0.2, 0.25) is 5.91 Å². The van der Waals surface area contributed by atoms with Gasteiger partial charge >= 0.3 is 0 Å². The van der Waals surface area contributed by atoms with Gasteiger partial charge in [-0.05, 0) is 37.5 Å². The number of halogens is 1. The molecule has 120 valence electrons. The van der Waals surface area contributed by atoms with E-state index in [1.54, 1.807) is 6.07 Å². The Bertz CT molecular complexity index is 617. The van der Waals surface area contributed by atoms with Gasteiger partial charge in [-0.2, -0.15) is 0 Å². The lowest BCUT2D eigenvalue weighted by atomic mass is 9.46. The smallest absolute Gasteiger partial charge is 0.245 e. The van der Waals surface area contributed by atoms with Gasteiger partial charge in [0.15, 0.2) is 0 Å². The zero-order chi connectivity index (χ0) is 16.1. The maximum Gasteiger partial charge on any atom is 0.245 e. The summed E-state index contributed by atoms with van der Waals surface area (Å²) in [5.74, 6) is -0.609. The molecule has 0 spiro atoms. The van der Waals surface area contributed by atoms with Crippen molar-refractivity contribution in [2.24, 2.45) is 17.1 Å². The van der Waals surface area contributed by atoms with Crippen molar-refractivity contribution in [3.05, 3.63) is 29.6 Å². The van der Waals surface area contributed by atoms with E-state index >= 15 is 0 Å². The summed E-state index contributed by atoms with van der Waals surface area (Å²) in [4.78, 5) is 12.8. The number of nitrogens with one attached hydrogen (secondary N) is 1. The summed E-state index contributed by atoms with van der Waals surface area (Å²) in [5.41, 5.74) is 6.39. The summed E-state index contributed by atoms with van der Waals surface area (Å²) in [6.07, 6.45) is 1.83. The summed E-state index contributed by atoms with van der Waals surface area (Å²) >= 11 is 0. The van der Waals surface area contributed by atoms with Crippen LogP contribution in [0.25, 0.3) is 0 Å². The van der Waals surface area contributed by atoms with Crippen molar-refractivity contribution in [3.8, 4) is 0 Å². The molecular weight excluding hydrogens is 283 g/mol. The van der Waals surface area contributed by atoms with E-state index < -0.39 is 11.0 Å². The van der Waals surface area contributed by atoms with Crippen molar-refractivity contribution in [3.63, 3.8) is 0 Å². The van der Waals surface area contributed by atoms with E-state index in [0.717, 1.165) is 25.0 Å². The molecule has 0 aromatic heterocycles. The van der Waals surface area contributed by atoms with Crippen molar-refractivity contribution in [2.75, 3.05) is 11.9 Å². The summed E-state index contributed by atoms with van der Waals surface area (Å²) in [7, 11) is 0. The lowest BCUT2D eigenvalue weighted by molar-refractivity contribution is -0.222. The zero-order valence-electron chi connectivity index (χ0n) is 13.3. The lowest BCUT2D eigenvalue weighted by Gasteiger charge is -2.65. The average molecular weight is 306 g/mol. The van der Waals surface area contributed by atoms with Gasteiger partial charge in [0.25, 0.3) is 0 Å². The monoisotopic (exact) mass is 306 g/mol. The highest BCUT2D eigenvalue weighted by Gasteiger charge is 2.70. The van der Waals surface area contributed by atoms with Crippen molar-refractivity contribution < 1.29 is 13.9 Å². The molecule has 5 heteroatoms. The second-order valence-electron chi connectivity index (χ2n) is 7.04. The number of ether oxygens (including phenoxy) is 1. The van der Waals surface area contributed by atoms with Crippen LogP contribution in [0.5, 0.6) is 0 Å². The number of benzene rings is 1. The number of fused-ring (bicyclic) bond motifs is 1. The highest BCUT2D eigenvalue weighted by molar-refractivity contribution is 6.00. The number of amides is 1. The van der Waals surface area contributed by atoms with Crippen LogP contribution >= 0.6 is 0 Å². The van der Waals surface area contributed by atoms with Crippen molar-refractivity contribution >= 4 is 11.6 Å². The molecule has 1 aromatic rings. The minimum atomic E-state index is -0.989. The van der Waals surface area contributed by atoms with Gasteiger partial charge < -0.3 is 15.8 Å². The fourth-order valence-electron chi connectivity index (χ4n) is 3.99. The molecule has 1 saturated carbocycles. The summed E-state index contributed by atoms with van der Waals surface area (Å²) in [5, 5.41) is 2.82. The fraction of sp³-hybridized carbons (Fsp3) is 0.588. The molecule has 3 atom stereocenters. The van der Waals surface area contributed by atoms with Crippen LogP contribution < -0.4 is 11.1 Å². The predicted molar refractivity (Wildman–Crippen MR) is 82.9 cm³/mol. The first-order chi connectivity index (χ1) is 10.3. The minimum absolute atomic E-state index is 0.0186. The molecule has 0 radical (unpaired) electrons. The van der Waals surface area contributed by atoms with E-state index in [4.69, 9.17) is 10.5 Å². The third-order valence-corrected chi connectivity index (χ3v) is 5.51. The van der Waals surface area contributed by atoms with Crippen molar-refractivity contribution in [1.29, 1.82) is 0 Å². The minimum Gasteiger partial charge on any atom is -0.377 e. The van der Waals surface area contributed by atoms with Gasteiger partial charge in [0.05, 0.1) is 6.10 Å². The number of hydrogen-bond acceptors (Lipinski definition) is 3. The fourth-order valence-corrected chi connectivity index (χ4v) is 3.99. The van der Waals surface area contributed by atoms with Gasteiger partial charge in [0, 0.05) is 23.6 Å². The lowest BCUT2D eigenvalue weighted by Crippen LogP contribution is -2.81. The number of nitrogens with two attached hydrogens (primary N) is 1. The highest BCUT2D eigenvalue weighted by Crippen LogP contribution is 2.57. The third kappa shape index (κ3) is 1.99. The Morgan fingerprint density at radius 1 is 1.45 bits per heavy atom. The Morgan fingerprint density at radius 3 is 2.91 bits per heavy atom. The van der Waals surface area contributed by atoms with Crippen molar-refractivity contribution in [1.82, 2.24) is 0 Å². The van der Waals surface area contributed by atoms with Crippen LogP contribution in [0.1, 0.15) is 32.3 Å². The molecule has 3 N–H and O–H groups in total. The molecule has 0 bridgehead atoms. The van der Waals surface area contributed by atoms with Gasteiger partial charge in [-0.1, -0.05) is 19.9 Å². The Labute approximate surface area is 130 Å². The summed E-state index contributed by atoms with van der Waals surface area (Å²) in [6, 6.07) is 4.35. The second-order valence-corrected chi connectivity index (χ2v) is 7.04. The summed E-state index contributed by atoms with van der Waals surface area (Å²) < 4.78 is 19.2. The molecular formula is C17H23FN2O2. The third-order valence-electron chi connectivity index (χ3n) is 5.51. The van der Waals surface area contributed by atoms with Crippen LogP contribution in [-0.2, 0) is 9.53 Å². The van der Waals surface area contributed by atoms with Gasteiger partial charge in [0.1, 0.15) is 11.4 Å². The van der Waals surface area contributed by atoms with Crippen LogP contribution in [0.15, 0.2) is 18.2 Å². The number of aryl methyl sites for hydroxylation is 1. The Morgan fingerprint density at radius 2 is 2.18 bits per heavy atom. The van der Waals surface area contributed by atoms with Crippen LogP contribution in [0.4, 0.5) is 10.1 Å². The molecule has 22 heavy (non-hydrogen) atoms.